The molecule has 0 spiro atoms. The molecule has 1 aromatic carbocycles. The molecule has 1 aliphatic heterocycles. The second kappa shape index (κ2) is 10.5. The molecule has 0 bridgehead atoms. The molecule has 1 saturated heterocycles. The van der Waals surface area contributed by atoms with Crippen molar-refractivity contribution in [2.24, 2.45) is 5.14 Å². The van der Waals surface area contributed by atoms with Crippen molar-refractivity contribution in [3.8, 4) is 0 Å². The minimum Gasteiger partial charge on any atom is -0.385 e. The SMILES string of the molecule is Cl.Cl.NS(=O)(=O)c1ccc(CCNCC2(O)CNCCOC2)cc1. The van der Waals surface area contributed by atoms with Gasteiger partial charge < -0.3 is 20.5 Å². The minimum absolute atomic E-state index is 0. The molecule has 0 aliphatic carbocycles. The minimum atomic E-state index is -3.64. The number of β-amino-alcohol motifs (C(OH)–C–C–N with tert-alkyl or cyclic N) is 1. The van der Waals surface area contributed by atoms with Crippen LogP contribution in [0.25, 0.3) is 0 Å². The largest absolute Gasteiger partial charge is 0.385 e. The van der Waals surface area contributed by atoms with Crippen LogP contribution in [-0.4, -0.2) is 58.5 Å². The van der Waals surface area contributed by atoms with Crippen molar-refractivity contribution in [2.75, 3.05) is 39.4 Å². The maximum absolute atomic E-state index is 11.2. The normalized spacial score (nSPS) is 21.2. The maximum atomic E-state index is 11.2. The number of aliphatic hydroxyl groups is 1. The second-order valence-electron chi connectivity index (χ2n) is 5.57. The topological polar surface area (TPSA) is 114 Å². The van der Waals surface area contributed by atoms with E-state index in [0.717, 1.165) is 18.5 Å². The molecule has 1 heterocycles. The predicted octanol–water partition coefficient (Wildman–Crippen LogP) is -0.339. The van der Waals surface area contributed by atoms with E-state index in [9.17, 15) is 13.5 Å². The number of sulfonamides is 1. The van der Waals surface area contributed by atoms with E-state index in [1.54, 1.807) is 12.1 Å². The molecule has 2 rings (SSSR count). The first-order valence-electron chi connectivity index (χ1n) is 7.22. The molecule has 0 radical (unpaired) electrons. The zero-order valence-electron chi connectivity index (χ0n) is 13.2. The van der Waals surface area contributed by atoms with Crippen LogP contribution in [0.3, 0.4) is 0 Å². The van der Waals surface area contributed by atoms with Gasteiger partial charge in [-0.1, -0.05) is 12.1 Å². The molecule has 0 aromatic heterocycles. The first-order valence-corrected chi connectivity index (χ1v) is 8.77. The zero-order chi connectivity index (χ0) is 16.1. The maximum Gasteiger partial charge on any atom is 0.238 e. The first-order chi connectivity index (χ1) is 10.4. The lowest BCUT2D eigenvalue weighted by Crippen LogP contribution is -2.50. The van der Waals surface area contributed by atoms with Gasteiger partial charge in [0.1, 0.15) is 5.60 Å². The molecule has 1 aliphatic rings. The zero-order valence-corrected chi connectivity index (χ0v) is 15.7. The number of nitrogens with one attached hydrogen (secondary N) is 2. The van der Waals surface area contributed by atoms with Gasteiger partial charge >= 0.3 is 0 Å². The number of ether oxygens (including phenoxy) is 1. The fourth-order valence-corrected chi connectivity index (χ4v) is 2.81. The van der Waals surface area contributed by atoms with Gasteiger partial charge in [-0.2, -0.15) is 0 Å². The number of nitrogens with two attached hydrogens (primary N) is 1. The summed E-state index contributed by atoms with van der Waals surface area (Å²) in [7, 11) is -3.64. The lowest BCUT2D eigenvalue weighted by molar-refractivity contribution is -0.0260. The summed E-state index contributed by atoms with van der Waals surface area (Å²) < 4.78 is 27.7. The van der Waals surface area contributed by atoms with Crippen molar-refractivity contribution in [2.45, 2.75) is 16.9 Å². The standard InChI is InChI=1S/C14H23N3O4S.2ClH/c15-22(19,20)13-3-1-12(2-4-13)5-6-16-9-14(18)10-17-7-8-21-11-14;;/h1-4,16-18H,5-11H2,(H2,15,19,20);2*1H. The smallest absolute Gasteiger partial charge is 0.238 e. The van der Waals surface area contributed by atoms with Crippen molar-refractivity contribution in [3.05, 3.63) is 29.8 Å². The average molecular weight is 402 g/mol. The quantitative estimate of drug-likeness (QED) is 0.485. The highest BCUT2D eigenvalue weighted by atomic mass is 35.5. The lowest BCUT2D eigenvalue weighted by Gasteiger charge is -2.26. The number of rotatable bonds is 6. The highest BCUT2D eigenvalue weighted by molar-refractivity contribution is 7.89. The van der Waals surface area contributed by atoms with Gasteiger partial charge in [-0.25, -0.2) is 13.6 Å². The Kier molecular flexibility index (Phi) is 10.3. The van der Waals surface area contributed by atoms with Crippen molar-refractivity contribution >= 4 is 34.8 Å². The summed E-state index contributed by atoms with van der Waals surface area (Å²) in [6.07, 6.45) is 0.731. The Morgan fingerprint density at radius 2 is 1.96 bits per heavy atom. The van der Waals surface area contributed by atoms with Crippen LogP contribution in [0, 0.1) is 0 Å². The van der Waals surface area contributed by atoms with Crippen molar-refractivity contribution in [3.63, 3.8) is 0 Å². The van der Waals surface area contributed by atoms with E-state index >= 15 is 0 Å². The van der Waals surface area contributed by atoms with Gasteiger partial charge in [-0.05, 0) is 30.7 Å². The number of primary sulfonamides is 1. The molecule has 0 amide bonds. The lowest BCUT2D eigenvalue weighted by atomic mass is 10.1. The van der Waals surface area contributed by atoms with Gasteiger partial charge in [0.15, 0.2) is 0 Å². The van der Waals surface area contributed by atoms with Gasteiger partial charge in [-0.3, -0.25) is 0 Å². The first kappa shape index (κ1) is 23.5. The van der Waals surface area contributed by atoms with E-state index in [1.807, 2.05) is 0 Å². The Bertz CT molecular complexity index is 576. The van der Waals surface area contributed by atoms with E-state index in [-0.39, 0.29) is 29.7 Å². The summed E-state index contributed by atoms with van der Waals surface area (Å²) >= 11 is 0. The van der Waals surface area contributed by atoms with Gasteiger partial charge in [0.25, 0.3) is 0 Å². The molecule has 0 saturated carbocycles. The van der Waals surface area contributed by atoms with Crippen molar-refractivity contribution in [1.29, 1.82) is 0 Å². The van der Waals surface area contributed by atoms with Crippen LogP contribution in [0.5, 0.6) is 0 Å². The fourth-order valence-electron chi connectivity index (χ4n) is 2.29. The Hall–Kier alpha value is -0.450. The van der Waals surface area contributed by atoms with Crippen LogP contribution in [0.1, 0.15) is 5.56 Å². The Morgan fingerprint density at radius 3 is 2.58 bits per heavy atom. The summed E-state index contributed by atoms with van der Waals surface area (Å²) in [5.41, 5.74) is 0.107. The molecule has 140 valence electrons. The third kappa shape index (κ3) is 7.62. The highest BCUT2D eigenvalue weighted by Gasteiger charge is 2.28. The summed E-state index contributed by atoms with van der Waals surface area (Å²) in [4.78, 5) is 0.111. The molecular formula is C14H25Cl2N3O4S. The fraction of sp³-hybridized carbons (Fsp3) is 0.571. The summed E-state index contributed by atoms with van der Waals surface area (Å²) in [6, 6.07) is 6.49. The van der Waals surface area contributed by atoms with Gasteiger partial charge in [0.05, 0.1) is 18.1 Å². The van der Waals surface area contributed by atoms with E-state index in [1.165, 1.54) is 12.1 Å². The van der Waals surface area contributed by atoms with Gasteiger partial charge in [0, 0.05) is 19.6 Å². The Labute approximate surface area is 155 Å². The summed E-state index contributed by atoms with van der Waals surface area (Å²) in [5, 5.41) is 21.7. The molecule has 7 nitrogen and oxygen atoms in total. The van der Waals surface area contributed by atoms with Crippen molar-refractivity contribution in [1.82, 2.24) is 10.6 Å². The van der Waals surface area contributed by atoms with Gasteiger partial charge in [0.2, 0.25) is 10.0 Å². The second-order valence-corrected chi connectivity index (χ2v) is 7.13. The van der Waals surface area contributed by atoms with Crippen LogP contribution in [0.15, 0.2) is 29.2 Å². The van der Waals surface area contributed by atoms with E-state index < -0.39 is 15.6 Å². The number of hydrogen-bond acceptors (Lipinski definition) is 6. The number of benzene rings is 1. The predicted molar refractivity (Wildman–Crippen MR) is 97.5 cm³/mol. The molecule has 1 fully saturated rings. The summed E-state index contributed by atoms with van der Waals surface area (Å²) in [5.74, 6) is 0. The van der Waals surface area contributed by atoms with Crippen molar-refractivity contribution < 1.29 is 18.3 Å². The van der Waals surface area contributed by atoms with Crippen LogP contribution < -0.4 is 15.8 Å². The van der Waals surface area contributed by atoms with Crippen LogP contribution in [0.4, 0.5) is 0 Å². The van der Waals surface area contributed by atoms with Crippen LogP contribution >= 0.6 is 24.8 Å². The average Bonchev–Trinajstić information content (AvgIpc) is 2.68. The van der Waals surface area contributed by atoms with E-state index in [2.05, 4.69) is 10.6 Å². The number of halogens is 2. The summed E-state index contributed by atoms with van der Waals surface area (Å²) in [6.45, 7) is 3.29. The molecule has 10 heteroatoms. The molecule has 5 N–H and O–H groups in total. The number of hydrogen-bond donors (Lipinski definition) is 4. The van der Waals surface area contributed by atoms with E-state index in [0.29, 0.717) is 32.8 Å². The van der Waals surface area contributed by atoms with Crippen LogP contribution in [0.2, 0.25) is 0 Å². The third-order valence-corrected chi connectivity index (χ3v) is 4.47. The Morgan fingerprint density at radius 1 is 1.29 bits per heavy atom. The Balaban J connectivity index is 0.00000264. The van der Waals surface area contributed by atoms with Crippen LogP contribution in [-0.2, 0) is 21.2 Å². The van der Waals surface area contributed by atoms with Gasteiger partial charge in [-0.15, -0.1) is 24.8 Å². The molecule has 24 heavy (non-hydrogen) atoms. The molecule has 1 atom stereocenters. The highest BCUT2D eigenvalue weighted by Crippen LogP contribution is 2.09. The molecule has 1 aromatic rings. The molecule has 1 unspecified atom stereocenters. The molecular weight excluding hydrogens is 377 g/mol. The van der Waals surface area contributed by atoms with E-state index in [4.69, 9.17) is 9.88 Å². The monoisotopic (exact) mass is 401 g/mol. The third-order valence-electron chi connectivity index (χ3n) is 3.54.